The lowest BCUT2D eigenvalue weighted by molar-refractivity contribution is 0.202. The van der Waals surface area contributed by atoms with Crippen molar-refractivity contribution in [2.24, 2.45) is 5.73 Å². The number of benzene rings is 1. The smallest absolute Gasteiger partial charge is 0.238 e. The van der Waals surface area contributed by atoms with Crippen LogP contribution in [0.25, 0.3) is 0 Å². The Labute approximate surface area is 112 Å². The van der Waals surface area contributed by atoms with Crippen LogP contribution in [-0.2, 0) is 17.7 Å². The van der Waals surface area contributed by atoms with Gasteiger partial charge in [0.25, 0.3) is 0 Å². The van der Waals surface area contributed by atoms with Crippen LogP contribution in [0.4, 0.5) is 0 Å². The molecule has 0 saturated carbocycles. The van der Waals surface area contributed by atoms with Crippen molar-refractivity contribution in [2.45, 2.75) is 13.0 Å². The van der Waals surface area contributed by atoms with Gasteiger partial charge in [0.1, 0.15) is 5.75 Å². The topological polar surface area (TPSA) is 70.3 Å². The molecule has 0 saturated heterocycles. The molecule has 0 aliphatic rings. The number of rotatable bonds is 6. The Kier molecular flexibility index (Phi) is 4.83. The van der Waals surface area contributed by atoms with Gasteiger partial charge in [-0.3, -0.25) is 4.98 Å². The molecule has 2 aromatic rings. The minimum Gasteiger partial charge on any atom is -0.437 e. The van der Waals surface area contributed by atoms with E-state index in [2.05, 4.69) is 9.97 Å². The fourth-order valence-corrected chi connectivity index (χ4v) is 1.60. The lowest BCUT2D eigenvalue weighted by atomic mass is 10.1. The Morgan fingerprint density at radius 1 is 1.16 bits per heavy atom. The average Bonchev–Trinajstić information content (AvgIpc) is 2.47. The van der Waals surface area contributed by atoms with Crippen molar-refractivity contribution in [2.75, 3.05) is 13.7 Å². The summed E-state index contributed by atoms with van der Waals surface area (Å²) in [5.41, 5.74) is 7.42. The van der Waals surface area contributed by atoms with E-state index in [0.29, 0.717) is 24.7 Å². The number of aromatic nitrogens is 2. The summed E-state index contributed by atoms with van der Waals surface area (Å²) >= 11 is 0. The fourth-order valence-electron chi connectivity index (χ4n) is 1.60. The van der Waals surface area contributed by atoms with E-state index in [4.69, 9.17) is 15.2 Å². The van der Waals surface area contributed by atoms with Crippen LogP contribution in [0.15, 0.2) is 36.7 Å². The van der Waals surface area contributed by atoms with Gasteiger partial charge < -0.3 is 15.2 Å². The number of nitrogens with two attached hydrogens (primary N) is 1. The van der Waals surface area contributed by atoms with Crippen molar-refractivity contribution in [3.63, 3.8) is 0 Å². The maximum Gasteiger partial charge on any atom is 0.238 e. The van der Waals surface area contributed by atoms with E-state index in [1.165, 1.54) is 5.56 Å². The lowest BCUT2D eigenvalue weighted by Crippen LogP contribution is -2.01. The molecule has 100 valence electrons. The Bertz CT molecular complexity index is 514. The van der Waals surface area contributed by atoms with Crippen LogP contribution >= 0.6 is 0 Å². The summed E-state index contributed by atoms with van der Waals surface area (Å²) in [7, 11) is 1.70. The Morgan fingerprint density at radius 3 is 2.63 bits per heavy atom. The van der Waals surface area contributed by atoms with E-state index < -0.39 is 0 Å². The molecule has 2 N–H and O–H groups in total. The van der Waals surface area contributed by atoms with Crippen molar-refractivity contribution in [1.82, 2.24) is 9.97 Å². The number of methoxy groups -OCH3 is 1. The highest BCUT2D eigenvalue weighted by Gasteiger charge is 2.01. The highest BCUT2D eigenvalue weighted by atomic mass is 16.5. The summed E-state index contributed by atoms with van der Waals surface area (Å²) < 4.78 is 10.7. The predicted molar refractivity (Wildman–Crippen MR) is 72.0 cm³/mol. The normalized spacial score (nSPS) is 10.4. The molecular formula is C14H17N3O2. The average molecular weight is 259 g/mol. The predicted octanol–water partition coefficient (Wildman–Crippen LogP) is 1.92. The van der Waals surface area contributed by atoms with Gasteiger partial charge in [-0.1, -0.05) is 12.1 Å². The van der Waals surface area contributed by atoms with Crippen LogP contribution in [0.3, 0.4) is 0 Å². The van der Waals surface area contributed by atoms with Crippen molar-refractivity contribution in [1.29, 1.82) is 0 Å². The summed E-state index contributed by atoms with van der Waals surface area (Å²) in [6.07, 6.45) is 4.08. The van der Waals surface area contributed by atoms with Gasteiger partial charge in [0.05, 0.1) is 18.5 Å². The van der Waals surface area contributed by atoms with E-state index in [9.17, 15) is 0 Å². The fraction of sp³-hybridized carbons (Fsp3) is 0.286. The molecule has 19 heavy (non-hydrogen) atoms. The second kappa shape index (κ2) is 6.82. The molecule has 0 spiro atoms. The maximum atomic E-state index is 5.62. The summed E-state index contributed by atoms with van der Waals surface area (Å²) in [5, 5.41) is 0. The number of hydrogen-bond acceptors (Lipinski definition) is 5. The molecule has 0 bridgehead atoms. The molecule has 0 amide bonds. The third-order valence-electron chi connectivity index (χ3n) is 2.61. The van der Waals surface area contributed by atoms with Crippen LogP contribution < -0.4 is 10.5 Å². The first kappa shape index (κ1) is 13.5. The standard InChI is InChI=1S/C14H17N3O2/c1-18-7-6-11-2-4-13(5-3-11)19-14-10-16-9-12(8-15)17-14/h2-5,9-10H,6-8,15H2,1H3. The Hall–Kier alpha value is -1.98. The molecule has 1 heterocycles. The quantitative estimate of drug-likeness (QED) is 0.858. The SMILES string of the molecule is COCCc1ccc(Oc2cncc(CN)n2)cc1. The van der Waals surface area contributed by atoms with Gasteiger partial charge in [0.15, 0.2) is 0 Å². The van der Waals surface area contributed by atoms with Crippen molar-refractivity contribution < 1.29 is 9.47 Å². The minimum absolute atomic E-state index is 0.347. The third-order valence-corrected chi connectivity index (χ3v) is 2.61. The van der Waals surface area contributed by atoms with Crippen LogP contribution in [0, 0.1) is 0 Å². The van der Waals surface area contributed by atoms with Crippen molar-refractivity contribution in [3.8, 4) is 11.6 Å². The summed E-state index contributed by atoms with van der Waals surface area (Å²) in [6, 6.07) is 7.83. The minimum atomic E-state index is 0.347. The van der Waals surface area contributed by atoms with Crippen LogP contribution in [0.1, 0.15) is 11.3 Å². The summed E-state index contributed by atoms with van der Waals surface area (Å²) in [5.74, 6) is 1.18. The maximum absolute atomic E-state index is 5.62. The molecule has 0 atom stereocenters. The van der Waals surface area contributed by atoms with Gasteiger partial charge >= 0.3 is 0 Å². The second-order valence-corrected chi connectivity index (χ2v) is 4.04. The monoisotopic (exact) mass is 259 g/mol. The highest BCUT2D eigenvalue weighted by Crippen LogP contribution is 2.19. The Balaban J connectivity index is 2.02. The second-order valence-electron chi connectivity index (χ2n) is 4.04. The van der Waals surface area contributed by atoms with E-state index in [0.717, 1.165) is 12.2 Å². The number of hydrogen-bond donors (Lipinski definition) is 1. The molecule has 0 fully saturated rings. The van der Waals surface area contributed by atoms with Crippen LogP contribution in [0.5, 0.6) is 11.6 Å². The van der Waals surface area contributed by atoms with E-state index >= 15 is 0 Å². The Morgan fingerprint density at radius 2 is 1.95 bits per heavy atom. The van der Waals surface area contributed by atoms with Gasteiger partial charge in [-0.25, -0.2) is 4.98 Å². The number of nitrogens with zero attached hydrogens (tertiary/aromatic N) is 2. The van der Waals surface area contributed by atoms with Gasteiger partial charge in [0.2, 0.25) is 5.88 Å². The lowest BCUT2D eigenvalue weighted by Gasteiger charge is -2.06. The van der Waals surface area contributed by atoms with Gasteiger partial charge in [-0.15, -0.1) is 0 Å². The molecule has 0 radical (unpaired) electrons. The largest absolute Gasteiger partial charge is 0.437 e. The summed E-state index contributed by atoms with van der Waals surface area (Å²) in [4.78, 5) is 8.25. The van der Waals surface area contributed by atoms with E-state index in [1.807, 2.05) is 24.3 Å². The first-order chi connectivity index (χ1) is 9.31. The molecule has 1 aromatic heterocycles. The molecule has 5 heteroatoms. The third kappa shape index (κ3) is 4.01. The zero-order valence-electron chi connectivity index (χ0n) is 10.9. The van der Waals surface area contributed by atoms with Gasteiger partial charge in [-0.2, -0.15) is 0 Å². The highest BCUT2D eigenvalue weighted by molar-refractivity contribution is 5.30. The molecule has 0 unspecified atom stereocenters. The molecule has 0 aliphatic heterocycles. The molecule has 2 rings (SSSR count). The zero-order valence-corrected chi connectivity index (χ0v) is 10.9. The zero-order chi connectivity index (χ0) is 13.5. The van der Waals surface area contributed by atoms with Gasteiger partial charge in [-0.05, 0) is 24.1 Å². The first-order valence-electron chi connectivity index (χ1n) is 6.08. The van der Waals surface area contributed by atoms with Crippen LogP contribution in [-0.4, -0.2) is 23.7 Å². The van der Waals surface area contributed by atoms with Crippen molar-refractivity contribution in [3.05, 3.63) is 47.9 Å². The molecular weight excluding hydrogens is 242 g/mol. The van der Waals surface area contributed by atoms with E-state index in [1.54, 1.807) is 19.5 Å². The summed E-state index contributed by atoms with van der Waals surface area (Å²) in [6.45, 7) is 1.06. The van der Waals surface area contributed by atoms with E-state index in [-0.39, 0.29) is 0 Å². The number of ether oxygens (including phenoxy) is 2. The molecule has 5 nitrogen and oxygen atoms in total. The first-order valence-corrected chi connectivity index (χ1v) is 6.08. The molecule has 1 aromatic carbocycles. The van der Waals surface area contributed by atoms with Crippen molar-refractivity contribution >= 4 is 0 Å². The molecule has 0 aliphatic carbocycles. The van der Waals surface area contributed by atoms with Crippen LogP contribution in [0.2, 0.25) is 0 Å². The van der Waals surface area contributed by atoms with Gasteiger partial charge in [0, 0.05) is 19.9 Å².